The van der Waals surface area contributed by atoms with E-state index in [-0.39, 0.29) is 6.67 Å². The summed E-state index contributed by atoms with van der Waals surface area (Å²) in [6.45, 7) is 0.0521. The lowest BCUT2D eigenvalue weighted by atomic mass is 11.3. The average Bonchev–Trinajstić information content (AvgIpc) is 1.41. The molecule has 4 nitrogen and oxygen atoms in total. The fraction of sp³-hybridized carbons (Fsp3) is 1.00. The first-order valence-corrected chi connectivity index (χ1v) is 1.12. The smallest absolute Gasteiger partial charge is 0.0720 e. The SMILES string of the molecule is [N-]=[N+]=NCN. The predicted molar refractivity (Wildman–Crippen MR) is 18.2 cm³/mol. The number of hydrogen-bond acceptors (Lipinski definition) is 2. The fourth-order valence-electron chi connectivity index (χ4n) is 0.0365. The van der Waals surface area contributed by atoms with Crippen LogP contribution in [-0.2, 0) is 0 Å². The van der Waals surface area contributed by atoms with Crippen LogP contribution in [0.2, 0.25) is 0 Å². The van der Waals surface area contributed by atoms with Crippen molar-refractivity contribution in [2.75, 3.05) is 6.67 Å². The van der Waals surface area contributed by atoms with Crippen molar-refractivity contribution in [1.29, 1.82) is 0 Å². The largest absolute Gasteiger partial charge is 0.325 e. The topological polar surface area (TPSA) is 74.8 Å². The van der Waals surface area contributed by atoms with Gasteiger partial charge in [-0.15, -0.1) is 0 Å². The van der Waals surface area contributed by atoms with Crippen molar-refractivity contribution in [3.8, 4) is 0 Å². The normalized spacial score (nSPS) is 5.80. The van der Waals surface area contributed by atoms with Gasteiger partial charge in [0.05, 0.1) is 6.67 Å². The minimum atomic E-state index is 0.0521. The molecular formula is CH4N4. The Morgan fingerprint density at radius 1 is 2.00 bits per heavy atom. The van der Waals surface area contributed by atoms with E-state index in [9.17, 15) is 0 Å². The van der Waals surface area contributed by atoms with Crippen LogP contribution in [0.4, 0.5) is 0 Å². The number of hydrogen-bond donors (Lipinski definition) is 1. The number of nitrogens with two attached hydrogens (primary N) is 1. The molecule has 0 saturated carbocycles. The Bertz CT molecular complexity index is 50.7. The third-order valence-electron chi connectivity index (χ3n) is 0.145. The second-order valence-electron chi connectivity index (χ2n) is 0.413. The van der Waals surface area contributed by atoms with Gasteiger partial charge in [-0.25, -0.2) is 0 Å². The van der Waals surface area contributed by atoms with Crippen molar-refractivity contribution in [2.24, 2.45) is 10.8 Å². The van der Waals surface area contributed by atoms with Gasteiger partial charge in [0.2, 0.25) is 0 Å². The van der Waals surface area contributed by atoms with Crippen molar-refractivity contribution < 1.29 is 0 Å². The van der Waals surface area contributed by atoms with Crippen molar-refractivity contribution in [2.45, 2.75) is 0 Å². The molecule has 2 N–H and O–H groups in total. The van der Waals surface area contributed by atoms with Crippen LogP contribution in [0.3, 0.4) is 0 Å². The Labute approximate surface area is 29.2 Å². The number of rotatable bonds is 1. The zero-order chi connectivity index (χ0) is 4.12. The van der Waals surface area contributed by atoms with E-state index in [1.165, 1.54) is 0 Å². The Hall–Kier alpha value is -0.730. The van der Waals surface area contributed by atoms with Gasteiger partial charge >= 0.3 is 0 Å². The Kier molecular flexibility index (Phi) is 2.79. The Morgan fingerprint density at radius 3 is 2.60 bits per heavy atom. The maximum Gasteiger partial charge on any atom is 0.0720 e. The van der Waals surface area contributed by atoms with Gasteiger partial charge in [0.1, 0.15) is 0 Å². The Balaban J connectivity index is 2.93. The summed E-state index contributed by atoms with van der Waals surface area (Å²) in [5.74, 6) is 0. The highest BCUT2D eigenvalue weighted by Gasteiger charge is 1.50. The molecule has 0 aromatic heterocycles. The Morgan fingerprint density at radius 2 is 2.60 bits per heavy atom. The quantitative estimate of drug-likeness (QED) is 0.268. The minimum absolute atomic E-state index is 0.0521. The molecule has 4 heteroatoms. The lowest BCUT2D eigenvalue weighted by Gasteiger charge is -1.60. The summed E-state index contributed by atoms with van der Waals surface area (Å²) in [5.41, 5.74) is 12.2. The van der Waals surface area contributed by atoms with Gasteiger partial charge in [-0.1, -0.05) is 5.11 Å². The van der Waals surface area contributed by atoms with Crippen LogP contribution in [0, 0.1) is 0 Å². The van der Waals surface area contributed by atoms with Crippen LogP contribution >= 0.6 is 0 Å². The van der Waals surface area contributed by atoms with E-state index in [2.05, 4.69) is 10.0 Å². The van der Waals surface area contributed by atoms with Crippen molar-refractivity contribution in [3.05, 3.63) is 10.4 Å². The first-order valence-electron chi connectivity index (χ1n) is 1.12. The summed E-state index contributed by atoms with van der Waals surface area (Å²) < 4.78 is 0. The van der Waals surface area contributed by atoms with E-state index in [4.69, 9.17) is 11.3 Å². The van der Waals surface area contributed by atoms with Crippen LogP contribution in [0.25, 0.3) is 10.4 Å². The third kappa shape index (κ3) is 3.27. The maximum atomic E-state index is 7.44. The second kappa shape index (κ2) is 3.27. The van der Waals surface area contributed by atoms with Gasteiger partial charge in [-0.05, 0) is 5.53 Å². The molecule has 28 valence electrons. The summed E-state index contributed by atoms with van der Waals surface area (Å²) in [6, 6.07) is 0. The summed E-state index contributed by atoms with van der Waals surface area (Å²) in [7, 11) is 0. The van der Waals surface area contributed by atoms with E-state index < -0.39 is 0 Å². The zero-order valence-corrected chi connectivity index (χ0v) is 2.63. The van der Waals surface area contributed by atoms with Gasteiger partial charge in [-0.3, -0.25) is 0 Å². The molecule has 0 heterocycles. The fourth-order valence-corrected chi connectivity index (χ4v) is 0.0365. The molecule has 5 heavy (non-hydrogen) atoms. The summed E-state index contributed by atoms with van der Waals surface area (Å²) in [4.78, 5) is 2.35. The summed E-state index contributed by atoms with van der Waals surface area (Å²) in [6.07, 6.45) is 0. The zero-order valence-electron chi connectivity index (χ0n) is 2.63. The lowest BCUT2D eigenvalue weighted by Crippen LogP contribution is -1.89. The predicted octanol–water partition coefficient (Wildman–Crippen LogP) is 0.213. The second-order valence-corrected chi connectivity index (χ2v) is 0.413. The highest BCUT2D eigenvalue weighted by molar-refractivity contribution is 4.35. The van der Waals surface area contributed by atoms with Gasteiger partial charge < -0.3 is 5.73 Å². The summed E-state index contributed by atoms with van der Waals surface area (Å²) in [5, 5.41) is 2.93. The van der Waals surface area contributed by atoms with Gasteiger partial charge in [0, 0.05) is 4.91 Å². The molecule has 0 amide bonds. The van der Waals surface area contributed by atoms with E-state index >= 15 is 0 Å². The molecule has 0 radical (unpaired) electrons. The first-order chi connectivity index (χ1) is 2.41. The highest BCUT2D eigenvalue weighted by atomic mass is 15.2. The van der Waals surface area contributed by atoms with E-state index in [1.54, 1.807) is 0 Å². The molecule has 0 aromatic carbocycles. The van der Waals surface area contributed by atoms with Crippen LogP contribution in [0.15, 0.2) is 5.11 Å². The molecule has 0 unspecified atom stereocenters. The standard InChI is InChI=1S/CH4N4/c2-1-4-5-3/h1-2H2. The van der Waals surface area contributed by atoms with Gasteiger partial charge in [0.25, 0.3) is 0 Å². The van der Waals surface area contributed by atoms with Crippen LogP contribution in [0.5, 0.6) is 0 Å². The van der Waals surface area contributed by atoms with Crippen LogP contribution < -0.4 is 5.73 Å². The number of azide groups is 1. The molecule has 0 aliphatic heterocycles. The lowest BCUT2D eigenvalue weighted by molar-refractivity contribution is 1.05. The molecule has 0 atom stereocenters. The summed E-state index contributed by atoms with van der Waals surface area (Å²) >= 11 is 0. The molecule has 0 aromatic rings. The van der Waals surface area contributed by atoms with Gasteiger partial charge in [-0.2, -0.15) is 0 Å². The number of nitrogens with zero attached hydrogens (tertiary/aromatic N) is 3. The highest BCUT2D eigenvalue weighted by Crippen LogP contribution is 1.53. The van der Waals surface area contributed by atoms with Crippen molar-refractivity contribution in [1.82, 2.24) is 0 Å². The molecule has 0 fully saturated rings. The molecule has 0 bridgehead atoms. The van der Waals surface area contributed by atoms with Crippen LogP contribution in [0.1, 0.15) is 0 Å². The molecule has 0 rings (SSSR count). The monoisotopic (exact) mass is 72.0 g/mol. The first kappa shape index (κ1) is 4.27. The van der Waals surface area contributed by atoms with Crippen LogP contribution in [-0.4, -0.2) is 6.67 Å². The third-order valence-corrected chi connectivity index (χ3v) is 0.145. The molecule has 0 saturated heterocycles. The van der Waals surface area contributed by atoms with E-state index in [1.807, 2.05) is 0 Å². The maximum absolute atomic E-state index is 7.44. The average molecular weight is 72.1 g/mol. The molecule has 0 aliphatic rings. The van der Waals surface area contributed by atoms with Gasteiger partial charge in [0.15, 0.2) is 0 Å². The molecule has 0 spiro atoms. The molecular weight excluding hydrogens is 68.0 g/mol. The van der Waals surface area contributed by atoms with Crippen molar-refractivity contribution >= 4 is 0 Å². The minimum Gasteiger partial charge on any atom is -0.325 e. The van der Waals surface area contributed by atoms with Crippen molar-refractivity contribution in [3.63, 3.8) is 0 Å². The molecule has 0 aliphatic carbocycles. The van der Waals surface area contributed by atoms with E-state index in [0.29, 0.717) is 0 Å². The van der Waals surface area contributed by atoms with E-state index in [0.717, 1.165) is 0 Å².